The van der Waals surface area contributed by atoms with Crippen LogP contribution in [0.3, 0.4) is 0 Å². The second kappa shape index (κ2) is 4.38. The van der Waals surface area contributed by atoms with E-state index < -0.39 is 6.04 Å². The smallest absolute Gasteiger partial charge is 0.229 e. The molecule has 1 unspecified atom stereocenters. The highest BCUT2D eigenvalue weighted by molar-refractivity contribution is 7.09. The maximum Gasteiger partial charge on any atom is 0.229 e. The van der Waals surface area contributed by atoms with Crippen molar-refractivity contribution in [1.29, 1.82) is 0 Å². The fraction of sp³-hybridized carbons (Fsp3) is 0.615. The second-order valence-corrected chi connectivity index (χ2v) is 6.93. The molecule has 0 saturated heterocycles. The first-order valence-electron chi connectivity index (χ1n) is 6.50. The van der Waals surface area contributed by atoms with Crippen LogP contribution in [-0.2, 0) is 5.41 Å². The first-order valence-corrected chi connectivity index (χ1v) is 7.38. The average Bonchev–Trinajstić information content (AvgIpc) is 2.91. The zero-order chi connectivity index (χ0) is 13.6. The molecule has 0 spiro atoms. The van der Waals surface area contributed by atoms with Gasteiger partial charge in [-0.15, -0.1) is 11.3 Å². The molecule has 2 N–H and O–H groups in total. The third kappa shape index (κ3) is 2.55. The van der Waals surface area contributed by atoms with Crippen molar-refractivity contribution < 1.29 is 4.52 Å². The Morgan fingerprint density at radius 1 is 1.37 bits per heavy atom. The van der Waals surface area contributed by atoms with Crippen molar-refractivity contribution in [3.05, 3.63) is 27.8 Å². The summed E-state index contributed by atoms with van der Waals surface area (Å²) in [4.78, 5) is 8.98. The SMILES string of the molecule is CC(C)(C)c1nc(C(N)c2noc(C3CC3)n2)cs1. The number of nitrogens with two attached hydrogens (primary N) is 1. The summed E-state index contributed by atoms with van der Waals surface area (Å²) >= 11 is 1.63. The molecule has 1 fully saturated rings. The molecular weight excluding hydrogens is 260 g/mol. The van der Waals surface area contributed by atoms with Crippen LogP contribution in [0, 0.1) is 0 Å². The van der Waals surface area contributed by atoms with Gasteiger partial charge < -0.3 is 10.3 Å². The lowest BCUT2D eigenvalue weighted by Crippen LogP contribution is -2.16. The van der Waals surface area contributed by atoms with Gasteiger partial charge in [-0.3, -0.25) is 0 Å². The van der Waals surface area contributed by atoms with Crippen molar-refractivity contribution >= 4 is 11.3 Å². The van der Waals surface area contributed by atoms with Gasteiger partial charge in [0, 0.05) is 16.7 Å². The van der Waals surface area contributed by atoms with E-state index in [1.54, 1.807) is 11.3 Å². The summed E-state index contributed by atoms with van der Waals surface area (Å²) in [6.45, 7) is 6.42. The first-order chi connectivity index (χ1) is 8.95. The third-order valence-electron chi connectivity index (χ3n) is 3.14. The molecule has 3 rings (SSSR count). The molecule has 0 bridgehead atoms. The Labute approximate surface area is 116 Å². The van der Waals surface area contributed by atoms with Crippen LogP contribution in [0.25, 0.3) is 0 Å². The van der Waals surface area contributed by atoms with E-state index in [9.17, 15) is 0 Å². The molecule has 19 heavy (non-hydrogen) atoms. The minimum atomic E-state index is -0.399. The molecule has 1 atom stereocenters. The Morgan fingerprint density at radius 3 is 2.68 bits per heavy atom. The Kier molecular flexibility index (Phi) is 2.94. The normalized spacial score (nSPS) is 17.7. The molecule has 2 aromatic heterocycles. The molecule has 5 nitrogen and oxygen atoms in total. The zero-order valence-electron chi connectivity index (χ0n) is 11.4. The molecule has 1 aliphatic carbocycles. The standard InChI is InChI=1S/C13H18N4OS/c1-13(2,3)12-15-8(6-19-12)9(14)10-16-11(18-17-10)7-4-5-7/h6-7,9H,4-5,14H2,1-3H3. The van der Waals surface area contributed by atoms with Gasteiger partial charge in [-0.2, -0.15) is 4.98 Å². The fourth-order valence-corrected chi connectivity index (χ4v) is 2.72. The molecular formula is C13H18N4OS. The van der Waals surface area contributed by atoms with Crippen molar-refractivity contribution in [3.63, 3.8) is 0 Å². The van der Waals surface area contributed by atoms with E-state index in [1.165, 1.54) is 0 Å². The van der Waals surface area contributed by atoms with Crippen LogP contribution in [-0.4, -0.2) is 15.1 Å². The molecule has 1 saturated carbocycles. The van der Waals surface area contributed by atoms with Crippen molar-refractivity contribution in [3.8, 4) is 0 Å². The highest BCUT2D eigenvalue weighted by Gasteiger charge is 2.31. The van der Waals surface area contributed by atoms with E-state index in [2.05, 4.69) is 35.9 Å². The number of hydrogen-bond donors (Lipinski definition) is 1. The Bertz CT molecular complexity index is 579. The van der Waals surface area contributed by atoms with Crippen molar-refractivity contribution in [1.82, 2.24) is 15.1 Å². The molecule has 2 aromatic rings. The molecule has 1 aliphatic rings. The number of hydrogen-bond acceptors (Lipinski definition) is 6. The van der Waals surface area contributed by atoms with Crippen molar-refractivity contribution in [2.24, 2.45) is 5.73 Å². The van der Waals surface area contributed by atoms with Crippen molar-refractivity contribution in [2.75, 3.05) is 0 Å². The van der Waals surface area contributed by atoms with Crippen LogP contribution in [0.2, 0.25) is 0 Å². The molecule has 102 valence electrons. The number of rotatable bonds is 3. The van der Waals surface area contributed by atoms with E-state index in [-0.39, 0.29) is 5.41 Å². The molecule has 0 amide bonds. The maximum absolute atomic E-state index is 6.17. The topological polar surface area (TPSA) is 77.8 Å². The molecule has 0 aliphatic heterocycles. The zero-order valence-corrected chi connectivity index (χ0v) is 12.2. The lowest BCUT2D eigenvalue weighted by atomic mass is 9.98. The van der Waals surface area contributed by atoms with Gasteiger partial charge in [-0.1, -0.05) is 25.9 Å². The predicted octanol–water partition coefficient (Wildman–Crippen LogP) is 2.75. The van der Waals surface area contributed by atoms with E-state index in [4.69, 9.17) is 10.3 Å². The van der Waals surface area contributed by atoms with Crippen molar-refractivity contribution in [2.45, 2.75) is 51.0 Å². The van der Waals surface area contributed by atoms with Gasteiger partial charge in [0.05, 0.1) is 10.7 Å². The van der Waals surface area contributed by atoms with E-state index in [0.717, 1.165) is 29.4 Å². The van der Waals surface area contributed by atoms with Crippen LogP contribution < -0.4 is 5.73 Å². The fourth-order valence-electron chi connectivity index (χ4n) is 1.78. The summed E-state index contributed by atoms with van der Waals surface area (Å²) in [5, 5.41) is 7.04. The molecule has 0 radical (unpaired) electrons. The van der Waals surface area contributed by atoms with E-state index >= 15 is 0 Å². The lowest BCUT2D eigenvalue weighted by Gasteiger charge is -2.13. The van der Waals surface area contributed by atoms with Crippen LogP contribution in [0.5, 0.6) is 0 Å². The van der Waals surface area contributed by atoms with Gasteiger partial charge in [0.25, 0.3) is 0 Å². The summed E-state index contributed by atoms with van der Waals surface area (Å²) in [5.74, 6) is 1.71. The summed E-state index contributed by atoms with van der Waals surface area (Å²) in [6.07, 6.45) is 2.28. The summed E-state index contributed by atoms with van der Waals surface area (Å²) in [7, 11) is 0. The van der Waals surface area contributed by atoms with Gasteiger partial charge in [0.15, 0.2) is 5.82 Å². The van der Waals surface area contributed by atoms with Crippen LogP contribution in [0.4, 0.5) is 0 Å². The molecule has 6 heteroatoms. The Hall–Kier alpha value is -1.27. The highest BCUT2D eigenvalue weighted by Crippen LogP contribution is 2.39. The van der Waals surface area contributed by atoms with Gasteiger partial charge in [-0.25, -0.2) is 4.98 Å². The highest BCUT2D eigenvalue weighted by atomic mass is 32.1. The van der Waals surface area contributed by atoms with Crippen LogP contribution in [0.1, 0.15) is 68.0 Å². The Morgan fingerprint density at radius 2 is 2.11 bits per heavy atom. The van der Waals surface area contributed by atoms with Gasteiger partial charge in [0.2, 0.25) is 5.89 Å². The van der Waals surface area contributed by atoms with Gasteiger partial charge in [-0.05, 0) is 12.8 Å². The summed E-state index contributed by atoms with van der Waals surface area (Å²) in [6, 6.07) is -0.399. The van der Waals surface area contributed by atoms with Gasteiger partial charge in [0.1, 0.15) is 6.04 Å². The largest absolute Gasteiger partial charge is 0.339 e. The van der Waals surface area contributed by atoms with Gasteiger partial charge >= 0.3 is 0 Å². The lowest BCUT2D eigenvalue weighted by molar-refractivity contribution is 0.372. The summed E-state index contributed by atoms with van der Waals surface area (Å²) in [5.41, 5.74) is 7.02. The number of thiazole rings is 1. The van der Waals surface area contributed by atoms with E-state index in [1.807, 2.05) is 5.38 Å². The minimum Gasteiger partial charge on any atom is -0.339 e. The monoisotopic (exact) mass is 278 g/mol. The molecule has 0 aromatic carbocycles. The Balaban J connectivity index is 1.82. The predicted molar refractivity (Wildman–Crippen MR) is 73.1 cm³/mol. The van der Waals surface area contributed by atoms with Crippen LogP contribution in [0.15, 0.2) is 9.90 Å². The average molecular weight is 278 g/mol. The summed E-state index contributed by atoms with van der Waals surface area (Å²) < 4.78 is 5.24. The van der Waals surface area contributed by atoms with E-state index in [0.29, 0.717) is 11.7 Å². The third-order valence-corrected chi connectivity index (χ3v) is 4.43. The maximum atomic E-state index is 6.17. The number of nitrogens with zero attached hydrogens (tertiary/aromatic N) is 3. The molecule has 2 heterocycles. The minimum absolute atomic E-state index is 0.0407. The number of aromatic nitrogens is 3. The first kappa shape index (κ1) is 12.7. The van der Waals surface area contributed by atoms with Crippen LogP contribution >= 0.6 is 11.3 Å². The quantitative estimate of drug-likeness (QED) is 0.934. The second-order valence-electron chi connectivity index (χ2n) is 6.07.